The van der Waals surface area contributed by atoms with Gasteiger partial charge in [-0.15, -0.1) is 0 Å². The molecule has 0 unspecified atom stereocenters. The van der Waals surface area contributed by atoms with Crippen molar-refractivity contribution in [1.29, 1.82) is 0 Å². The van der Waals surface area contributed by atoms with Crippen LogP contribution in [-0.2, 0) is 0 Å². The van der Waals surface area contributed by atoms with Crippen molar-refractivity contribution in [3.8, 4) is 5.75 Å². The van der Waals surface area contributed by atoms with Crippen LogP contribution in [0.25, 0.3) is 0 Å². The molecule has 21 heavy (non-hydrogen) atoms. The average Bonchev–Trinajstić information content (AvgIpc) is 2.44. The van der Waals surface area contributed by atoms with E-state index < -0.39 is 0 Å². The van der Waals surface area contributed by atoms with Crippen LogP contribution in [0.3, 0.4) is 0 Å². The summed E-state index contributed by atoms with van der Waals surface area (Å²) in [5, 5.41) is 3.33. The lowest BCUT2D eigenvalue weighted by Gasteiger charge is -2.12. The predicted octanol–water partition coefficient (Wildman–Crippen LogP) is 2.98. The lowest BCUT2D eigenvalue weighted by molar-refractivity contribution is 0.101. The van der Waals surface area contributed by atoms with Gasteiger partial charge in [-0.2, -0.15) is 4.98 Å². The van der Waals surface area contributed by atoms with Gasteiger partial charge in [0.2, 0.25) is 5.95 Å². The Labute approximate surface area is 127 Å². The third kappa shape index (κ3) is 3.22. The van der Waals surface area contributed by atoms with Gasteiger partial charge in [0.15, 0.2) is 5.78 Å². The molecule has 0 bridgehead atoms. The molecule has 0 fully saturated rings. The summed E-state index contributed by atoms with van der Waals surface area (Å²) in [6.07, 6.45) is 0. The molecule has 2 aromatic rings. The number of carbonyl (C=O) groups is 1. The SMILES string of the molecule is COc1cc(C(C)=O)ccc1Nc1nc(C)c(Cl)c(N)n1. The Bertz CT molecular complexity index is 680. The lowest BCUT2D eigenvalue weighted by atomic mass is 10.1. The van der Waals surface area contributed by atoms with Crippen molar-refractivity contribution in [2.24, 2.45) is 0 Å². The second kappa shape index (κ2) is 5.97. The maximum absolute atomic E-state index is 11.4. The first kappa shape index (κ1) is 15.1. The normalized spacial score (nSPS) is 10.3. The van der Waals surface area contributed by atoms with Crippen LogP contribution in [0.4, 0.5) is 17.5 Å². The molecular formula is C14H15ClN4O2. The van der Waals surface area contributed by atoms with Crippen LogP contribution in [0.5, 0.6) is 5.75 Å². The van der Waals surface area contributed by atoms with Gasteiger partial charge in [0, 0.05) is 5.56 Å². The van der Waals surface area contributed by atoms with Crippen molar-refractivity contribution in [2.45, 2.75) is 13.8 Å². The minimum Gasteiger partial charge on any atom is -0.495 e. The Morgan fingerprint density at radius 1 is 1.38 bits per heavy atom. The van der Waals surface area contributed by atoms with Gasteiger partial charge < -0.3 is 15.8 Å². The number of nitrogens with two attached hydrogens (primary N) is 1. The number of nitrogens with zero attached hydrogens (tertiary/aromatic N) is 2. The van der Waals surface area contributed by atoms with Crippen molar-refractivity contribution in [3.05, 3.63) is 34.5 Å². The molecule has 0 aliphatic rings. The monoisotopic (exact) mass is 306 g/mol. The highest BCUT2D eigenvalue weighted by Gasteiger charge is 2.11. The Kier molecular flexibility index (Phi) is 4.28. The maximum Gasteiger partial charge on any atom is 0.229 e. The molecule has 3 N–H and O–H groups in total. The number of ether oxygens (including phenoxy) is 1. The Hall–Kier alpha value is -2.34. The highest BCUT2D eigenvalue weighted by Crippen LogP contribution is 2.29. The third-order valence-electron chi connectivity index (χ3n) is 2.90. The van der Waals surface area contributed by atoms with E-state index >= 15 is 0 Å². The third-order valence-corrected chi connectivity index (χ3v) is 3.36. The molecule has 0 spiro atoms. The molecule has 6 nitrogen and oxygen atoms in total. The number of nitrogens with one attached hydrogen (secondary N) is 1. The van der Waals surface area contributed by atoms with Gasteiger partial charge >= 0.3 is 0 Å². The van der Waals surface area contributed by atoms with Gasteiger partial charge in [0.25, 0.3) is 0 Å². The van der Waals surface area contributed by atoms with Crippen LogP contribution in [-0.4, -0.2) is 22.9 Å². The number of ketones is 1. The smallest absolute Gasteiger partial charge is 0.229 e. The summed E-state index contributed by atoms with van der Waals surface area (Å²) in [4.78, 5) is 19.6. The molecule has 0 amide bonds. The van der Waals surface area contributed by atoms with Crippen molar-refractivity contribution in [3.63, 3.8) is 0 Å². The molecule has 110 valence electrons. The molecule has 1 aromatic heterocycles. The number of aromatic nitrogens is 2. The van der Waals surface area contributed by atoms with Crippen LogP contribution in [0.15, 0.2) is 18.2 Å². The number of Topliss-reactive ketones (excluding diaryl/α,β-unsaturated/α-hetero) is 1. The van der Waals surface area contributed by atoms with Crippen LogP contribution in [0.2, 0.25) is 5.02 Å². The van der Waals surface area contributed by atoms with Gasteiger partial charge in [0.05, 0.1) is 18.5 Å². The highest BCUT2D eigenvalue weighted by molar-refractivity contribution is 6.33. The van der Waals surface area contributed by atoms with E-state index in [1.54, 1.807) is 25.1 Å². The molecule has 1 aromatic carbocycles. The summed E-state index contributed by atoms with van der Waals surface area (Å²) in [6, 6.07) is 5.06. The number of methoxy groups -OCH3 is 1. The molecule has 0 saturated carbocycles. The van der Waals surface area contributed by atoms with E-state index in [1.165, 1.54) is 14.0 Å². The topological polar surface area (TPSA) is 90.1 Å². The lowest BCUT2D eigenvalue weighted by Crippen LogP contribution is -2.04. The molecule has 0 aliphatic carbocycles. The van der Waals surface area contributed by atoms with Gasteiger partial charge in [-0.25, -0.2) is 4.98 Å². The molecule has 2 rings (SSSR count). The molecule has 0 saturated heterocycles. The first-order chi connectivity index (χ1) is 9.92. The van der Waals surface area contributed by atoms with Crippen molar-refractivity contribution < 1.29 is 9.53 Å². The number of rotatable bonds is 4. The minimum atomic E-state index is -0.0392. The van der Waals surface area contributed by atoms with E-state index in [-0.39, 0.29) is 11.6 Å². The van der Waals surface area contributed by atoms with Crippen molar-refractivity contribution >= 4 is 34.8 Å². The fourth-order valence-corrected chi connectivity index (χ4v) is 1.86. The fourth-order valence-electron chi connectivity index (χ4n) is 1.77. The number of hydrogen-bond acceptors (Lipinski definition) is 6. The van der Waals surface area contributed by atoms with Crippen molar-refractivity contribution in [1.82, 2.24) is 9.97 Å². The summed E-state index contributed by atoms with van der Waals surface area (Å²) in [5.74, 6) is 0.981. The second-order valence-corrected chi connectivity index (χ2v) is 4.81. The number of benzene rings is 1. The van der Waals surface area contributed by atoms with Crippen LogP contribution < -0.4 is 15.8 Å². The largest absolute Gasteiger partial charge is 0.495 e. The maximum atomic E-state index is 11.4. The van der Waals surface area contributed by atoms with E-state index in [9.17, 15) is 4.79 Å². The Morgan fingerprint density at radius 3 is 2.67 bits per heavy atom. The van der Waals surface area contributed by atoms with E-state index in [4.69, 9.17) is 22.1 Å². The Balaban J connectivity index is 2.37. The second-order valence-electron chi connectivity index (χ2n) is 4.43. The van der Waals surface area contributed by atoms with Gasteiger partial charge in [0.1, 0.15) is 16.6 Å². The van der Waals surface area contributed by atoms with E-state index in [1.807, 2.05) is 0 Å². The number of anilines is 3. The number of aryl methyl sites for hydroxylation is 1. The fraction of sp³-hybridized carbons (Fsp3) is 0.214. The molecule has 0 atom stereocenters. The van der Waals surface area contributed by atoms with Crippen LogP contribution in [0.1, 0.15) is 23.0 Å². The van der Waals surface area contributed by atoms with Crippen molar-refractivity contribution in [2.75, 3.05) is 18.2 Å². The summed E-state index contributed by atoms with van der Waals surface area (Å²) < 4.78 is 5.26. The zero-order valence-corrected chi connectivity index (χ0v) is 12.7. The molecule has 0 radical (unpaired) electrons. The number of carbonyl (C=O) groups excluding carboxylic acids is 1. The van der Waals surface area contributed by atoms with E-state index in [0.717, 1.165) is 0 Å². The summed E-state index contributed by atoms with van der Waals surface area (Å²) in [5.41, 5.74) is 7.47. The predicted molar refractivity (Wildman–Crippen MR) is 82.5 cm³/mol. The summed E-state index contributed by atoms with van der Waals surface area (Å²) in [7, 11) is 1.52. The number of nitrogen functional groups attached to an aromatic ring is 1. The summed E-state index contributed by atoms with van der Waals surface area (Å²) >= 11 is 5.93. The summed E-state index contributed by atoms with van der Waals surface area (Å²) in [6.45, 7) is 3.23. The standard InChI is InChI=1S/C14H15ClN4O2/c1-7-12(15)13(16)19-14(17-7)18-10-5-4-9(8(2)20)6-11(10)21-3/h4-6H,1-3H3,(H3,16,17,18,19). The first-order valence-electron chi connectivity index (χ1n) is 6.18. The molecular weight excluding hydrogens is 292 g/mol. The minimum absolute atomic E-state index is 0.0392. The average molecular weight is 307 g/mol. The van der Waals surface area contributed by atoms with Gasteiger partial charge in [-0.05, 0) is 32.0 Å². The zero-order valence-electron chi connectivity index (χ0n) is 11.9. The number of hydrogen-bond donors (Lipinski definition) is 2. The van der Waals surface area contributed by atoms with Gasteiger partial charge in [-0.3, -0.25) is 4.79 Å². The zero-order chi connectivity index (χ0) is 15.6. The molecule has 1 heterocycles. The Morgan fingerprint density at radius 2 is 2.10 bits per heavy atom. The molecule has 7 heteroatoms. The quantitative estimate of drug-likeness (QED) is 0.844. The van der Waals surface area contributed by atoms with Crippen LogP contribution in [0, 0.1) is 6.92 Å². The van der Waals surface area contributed by atoms with Gasteiger partial charge in [-0.1, -0.05) is 11.6 Å². The molecule has 0 aliphatic heterocycles. The van der Waals surface area contributed by atoms with E-state index in [2.05, 4.69) is 15.3 Å². The first-order valence-corrected chi connectivity index (χ1v) is 6.55. The van der Waals surface area contributed by atoms with E-state index in [0.29, 0.717) is 33.7 Å². The van der Waals surface area contributed by atoms with Crippen LogP contribution >= 0.6 is 11.6 Å². The number of halogens is 1. The highest BCUT2D eigenvalue weighted by atomic mass is 35.5.